The molecule has 164 valence electrons. The van der Waals surface area contributed by atoms with Crippen molar-refractivity contribution in [1.82, 2.24) is 0 Å². The van der Waals surface area contributed by atoms with Crippen LogP contribution in [0, 0.1) is 6.92 Å². The summed E-state index contributed by atoms with van der Waals surface area (Å²) in [7, 11) is 1.24. The monoisotopic (exact) mass is 449 g/mol. The van der Waals surface area contributed by atoms with E-state index in [9.17, 15) is 18.9 Å². The predicted molar refractivity (Wildman–Crippen MR) is 110 cm³/mol. The van der Waals surface area contributed by atoms with Crippen LogP contribution in [0.3, 0.4) is 0 Å². The number of furan rings is 1. The Kier molecular flexibility index (Phi) is 6.17. The number of methoxy groups -OCH3 is 2. The second-order valence-corrected chi connectivity index (χ2v) is 8.61. The molecule has 2 heterocycles. The molecule has 31 heavy (non-hydrogen) atoms. The maximum absolute atomic E-state index is 12.7. The molecule has 0 bridgehead atoms. The number of hydrogen-bond donors (Lipinski definition) is 1. The molecule has 1 aromatic carbocycles. The van der Waals surface area contributed by atoms with Crippen molar-refractivity contribution in [1.29, 1.82) is 0 Å². The molecule has 0 spiro atoms. The van der Waals surface area contributed by atoms with Gasteiger partial charge in [-0.3, -0.25) is 9.36 Å². The lowest BCUT2D eigenvalue weighted by molar-refractivity contribution is -0.110. The van der Waals surface area contributed by atoms with Gasteiger partial charge in [0.25, 0.3) is 5.91 Å². The Balaban J connectivity index is 2.22. The first-order valence-electron chi connectivity index (χ1n) is 8.90. The van der Waals surface area contributed by atoms with Crippen LogP contribution in [-0.2, 0) is 27.9 Å². The summed E-state index contributed by atoms with van der Waals surface area (Å²) in [5, 5.41) is 2.93. The van der Waals surface area contributed by atoms with Gasteiger partial charge < -0.3 is 28.3 Å². The van der Waals surface area contributed by atoms with Gasteiger partial charge in [0, 0.05) is 36.6 Å². The summed E-state index contributed by atoms with van der Waals surface area (Å²) < 4.78 is 37.7. The number of esters is 2. The number of rotatable bonds is 6. The first kappa shape index (κ1) is 22.5. The van der Waals surface area contributed by atoms with Crippen LogP contribution in [-0.4, -0.2) is 46.3 Å². The molecule has 1 amide bonds. The van der Waals surface area contributed by atoms with E-state index in [-0.39, 0.29) is 33.5 Å². The van der Waals surface area contributed by atoms with E-state index in [1.54, 1.807) is 6.07 Å². The third-order valence-corrected chi connectivity index (χ3v) is 6.63. The van der Waals surface area contributed by atoms with Gasteiger partial charge in [0.1, 0.15) is 11.3 Å². The van der Waals surface area contributed by atoms with Gasteiger partial charge in [-0.1, -0.05) is 0 Å². The number of hydrogen-bond acceptors (Lipinski definition) is 9. The van der Waals surface area contributed by atoms with Gasteiger partial charge in [-0.25, -0.2) is 9.59 Å². The molecule has 0 atom stereocenters. The van der Waals surface area contributed by atoms with Gasteiger partial charge in [0.15, 0.2) is 0 Å². The van der Waals surface area contributed by atoms with E-state index in [2.05, 4.69) is 10.1 Å². The average Bonchev–Trinajstić information content (AvgIpc) is 3.28. The van der Waals surface area contributed by atoms with Crippen LogP contribution in [0.2, 0.25) is 0 Å². The zero-order valence-corrected chi connectivity index (χ0v) is 18.3. The minimum absolute atomic E-state index is 0.154. The highest BCUT2D eigenvalue weighted by atomic mass is 31.2. The Labute approximate surface area is 177 Å². The van der Waals surface area contributed by atoms with Crippen LogP contribution in [0.5, 0.6) is 0 Å². The van der Waals surface area contributed by atoms with Crippen molar-refractivity contribution in [2.45, 2.75) is 6.92 Å². The lowest BCUT2D eigenvalue weighted by Gasteiger charge is -2.14. The maximum Gasteiger partial charge on any atom is 0.374 e. The number of fused-ring (bicyclic) bond motifs is 1. The van der Waals surface area contributed by atoms with Gasteiger partial charge in [0.2, 0.25) is 5.76 Å². The lowest BCUT2D eigenvalue weighted by atomic mass is 10.0. The van der Waals surface area contributed by atoms with Crippen LogP contribution in [0.25, 0.3) is 11.6 Å². The van der Waals surface area contributed by atoms with E-state index >= 15 is 0 Å². The topological polar surface area (TPSA) is 130 Å². The zero-order chi connectivity index (χ0) is 22.9. The fourth-order valence-corrected chi connectivity index (χ4v) is 4.31. The molecule has 1 N–H and O–H groups in total. The van der Waals surface area contributed by atoms with Crippen molar-refractivity contribution < 1.29 is 41.9 Å². The number of nitrogens with one attached hydrogen (secondary N) is 1. The summed E-state index contributed by atoms with van der Waals surface area (Å²) in [6.45, 7) is 1.53. The molecule has 10 nitrogen and oxygen atoms in total. The molecule has 0 unspecified atom stereocenters. The standard InChI is InChI=1S/C20H20NO9P/c1-10-12(16(19(23)26-2)17(30-10)20(24)27-3)9-14-13-8-11(31(25,28-4)29-5)6-7-15(13)21-18(14)22/h6-9H,1-5H3,(H,21,22)/b14-9-. The van der Waals surface area contributed by atoms with Gasteiger partial charge in [-0.15, -0.1) is 0 Å². The second-order valence-electron chi connectivity index (χ2n) is 6.36. The predicted octanol–water partition coefficient (Wildman–Crippen LogP) is 2.77. The smallest absolute Gasteiger partial charge is 0.374 e. The SMILES string of the molecule is COC(=O)c1oc(C)c(/C=C2\C(=O)Nc3ccc(P(=O)(OC)OC)cc32)c1C(=O)OC. The minimum Gasteiger partial charge on any atom is -0.465 e. The molecule has 1 aliphatic rings. The largest absolute Gasteiger partial charge is 0.465 e. The van der Waals surface area contributed by atoms with Crippen LogP contribution in [0.4, 0.5) is 5.69 Å². The highest BCUT2D eigenvalue weighted by Crippen LogP contribution is 2.47. The van der Waals surface area contributed by atoms with Crippen molar-refractivity contribution in [3.05, 3.63) is 46.4 Å². The number of carbonyl (C=O) groups excluding carboxylic acids is 3. The van der Waals surface area contributed by atoms with Gasteiger partial charge in [0.05, 0.1) is 19.5 Å². The molecule has 0 aliphatic carbocycles. The fraction of sp³-hybridized carbons (Fsp3) is 0.250. The Morgan fingerprint density at radius 3 is 2.29 bits per heavy atom. The molecule has 1 aromatic heterocycles. The van der Waals surface area contributed by atoms with Crippen LogP contribution in [0.1, 0.15) is 37.8 Å². The van der Waals surface area contributed by atoms with Gasteiger partial charge in [-0.05, 0) is 31.2 Å². The molecule has 0 saturated carbocycles. The molecule has 0 fully saturated rings. The highest BCUT2D eigenvalue weighted by molar-refractivity contribution is 7.62. The number of carbonyl (C=O) groups is 3. The van der Waals surface area contributed by atoms with E-state index in [1.165, 1.54) is 39.4 Å². The molecular formula is C20H20NO9P. The number of benzene rings is 1. The molecule has 0 saturated heterocycles. The zero-order valence-electron chi connectivity index (χ0n) is 17.4. The van der Waals surface area contributed by atoms with Crippen molar-refractivity contribution in [3.8, 4) is 0 Å². The van der Waals surface area contributed by atoms with Crippen molar-refractivity contribution in [2.24, 2.45) is 0 Å². The van der Waals surface area contributed by atoms with Crippen LogP contribution in [0.15, 0.2) is 22.6 Å². The molecule has 1 aliphatic heterocycles. The minimum atomic E-state index is -3.57. The van der Waals surface area contributed by atoms with Crippen molar-refractivity contribution >= 4 is 48.1 Å². The maximum atomic E-state index is 12.7. The summed E-state index contributed by atoms with van der Waals surface area (Å²) >= 11 is 0. The van der Waals surface area contributed by atoms with E-state index in [4.69, 9.17) is 18.2 Å². The third-order valence-electron chi connectivity index (χ3n) is 4.76. The first-order chi connectivity index (χ1) is 14.7. The Morgan fingerprint density at radius 1 is 1.06 bits per heavy atom. The van der Waals surface area contributed by atoms with E-state index in [0.29, 0.717) is 11.3 Å². The van der Waals surface area contributed by atoms with E-state index in [1.807, 2.05) is 0 Å². The van der Waals surface area contributed by atoms with Crippen LogP contribution >= 0.6 is 7.60 Å². The molecule has 3 rings (SSSR count). The Morgan fingerprint density at radius 2 is 1.71 bits per heavy atom. The summed E-state index contributed by atoms with van der Waals surface area (Å²) in [5.74, 6) is -2.31. The summed E-state index contributed by atoms with van der Waals surface area (Å²) in [6.07, 6.45) is 1.40. The fourth-order valence-electron chi connectivity index (χ4n) is 3.19. The second kappa shape index (κ2) is 8.50. The Bertz CT molecular complexity index is 1150. The van der Waals surface area contributed by atoms with E-state index in [0.717, 1.165) is 14.2 Å². The Hall–Kier alpha value is -3.20. The average molecular weight is 449 g/mol. The highest BCUT2D eigenvalue weighted by Gasteiger charge is 2.33. The summed E-state index contributed by atoms with van der Waals surface area (Å²) in [4.78, 5) is 37.1. The van der Waals surface area contributed by atoms with Crippen molar-refractivity contribution in [3.63, 3.8) is 0 Å². The number of amides is 1. The van der Waals surface area contributed by atoms with Crippen LogP contribution < -0.4 is 10.6 Å². The first-order valence-corrected chi connectivity index (χ1v) is 10.4. The third kappa shape index (κ3) is 3.81. The number of anilines is 1. The normalized spacial score (nSPS) is 14.4. The molecular weight excluding hydrogens is 429 g/mol. The molecule has 2 aromatic rings. The van der Waals surface area contributed by atoms with E-state index < -0.39 is 25.4 Å². The van der Waals surface area contributed by atoms with Gasteiger partial charge in [-0.2, -0.15) is 0 Å². The number of aryl methyl sites for hydroxylation is 1. The molecule has 11 heteroatoms. The van der Waals surface area contributed by atoms with Crippen molar-refractivity contribution in [2.75, 3.05) is 33.8 Å². The number of ether oxygens (including phenoxy) is 2. The summed E-state index contributed by atoms with van der Waals surface area (Å²) in [6, 6.07) is 4.59. The lowest BCUT2D eigenvalue weighted by Crippen LogP contribution is -2.11. The molecule has 0 radical (unpaired) electrons. The quantitative estimate of drug-likeness (QED) is 0.402. The van der Waals surface area contributed by atoms with Gasteiger partial charge >= 0.3 is 19.5 Å². The summed E-state index contributed by atoms with van der Waals surface area (Å²) in [5.41, 5.74) is 1.04.